The van der Waals surface area contributed by atoms with Crippen molar-refractivity contribution in [3.05, 3.63) is 53.1 Å². The number of ether oxygens (including phenoxy) is 2. The second-order valence-corrected chi connectivity index (χ2v) is 6.12. The van der Waals surface area contributed by atoms with E-state index in [1.165, 1.54) is 11.1 Å². The molecule has 1 N–H and O–H groups in total. The highest BCUT2D eigenvalue weighted by Crippen LogP contribution is 2.28. The van der Waals surface area contributed by atoms with E-state index in [1.54, 1.807) is 7.11 Å². The molecule has 0 aliphatic heterocycles. The number of carbonyl (C=O) groups is 1. The zero-order valence-electron chi connectivity index (χ0n) is 16.2. The Morgan fingerprint density at radius 1 is 1.00 bits per heavy atom. The molecule has 0 heterocycles. The van der Waals surface area contributed by atoms with E-state index in [1.807, 2.05) is 25.1 Å². The molecule has 26 heavy (non-hydrogen) atoms. The van der Waals surface area contributed by atoms with Crippen LogP contribution in [0.5, 0.6) is 11.5 Å². The second kappa shape index (κ2) is 9.85. The summed E-state index contributed by atoms with van der Waals surface area (Å²) in [5, 5.41) is 3.12. The van der Waals surface area contributed by atoms with Crippen LogP contribution in [0.2, 0.25) is 0 Å². The number of nitrogens with one attached hydrogen (secondary N) is 1. The second-order valence-electron chi connectivity index (χ2n) is 6.12. The SMILES string of the molecule is CCOc1ccc(CCC(=O)Nc2c(CC)cccc2CC)cc1OC. The van der Waals surface area contributed by atoms with Crippen molar-refractivity contribution in [1.82, 2.24) is 0 Å². The monoisotopic (exact) mass is 355 g/mol. The van der Waals surface area contributed by atoms with Crippen LogP contribution >= 0.6 is 0 Å². The van der Waals surface area contributed by atoms with Gasteiger partial charge in [0.25, 0.3) is 0 Å². The lowest BCUT2D eigenvalue weighted by Gasteiger charge is -2.15. The van der Waals surface area contributed by atoms with Gasteiger partial charge in [0.2, 0.25) is 5.91 Å². The number of aryl methyl sites for hydroxylation is 3. The Balaban J connectivity index is 2.04. The summed E-state index contributed by atoms with van der Waals surface area (Å²) in [7, 11) is 1.63. The molecule has 0 saturated heterocycles. The standard InChI is InChI=1S/C22H29NO3/c1-5-17-9-8-10-18(6-2)22(17)23-21(24)14-12-16-11-13-19(26-7-3)20(15-16)25-4/h8-11,13,15H,5-7,12,14H2,1-4H3,(H,23,24). The van der Waals surface area contributed by atoms with Crippen LogP contribution in [0.1, 0.15) is 43.9 Å². The van der Waals surface area contributed by atoms with E-state index in [9.17, 15) is 4.79 Å². The van der Waals surface area contributed by atoms with E-state index >= 15 is 0 Å². The highest BCUT2D eigenvalue weighted by molar-refractivity contribution is 5.92. The molecule has 2 aromatic carbocycles. The fourth-order valence-corrected chi connectivity index (χ4v) is 3.01. The number of benzene rings is 2. The molecule has 1 amide bonds. The van der Waals surface area contributed by atoms with E-state index in [0.717, 1.165) is 29.8 Å². The van der Waals surface area contributed by atoms with Crippen molar-refractivity contribution >= 4 is 11.6 Å². The smallest absolute Gasteiger partial charge is 0.224 e. The van der Waals surface area contributed by atoms with Crippen LogP contribution in [0.15, 0.2) is 36.4 Å². The molecule has 2 aromatic rings. The summed E-state index contributed by atoms with van der Waals surface area (Å²) < 4.78 is 10.9. The molecule has 0 spiro atoms. The topological polar surface area (TPSA) is 47.6 Å². The molecule has 0 bridgehead atoms. The molecule has 0 saturated carbocycles. The molecule has 0 radical (unpaired) electrons. The minimum atomic E-state index is 0.0356. The summed E-state index contributed by atoms with van der Waals surface area (Å²) in [6.07, 6.45) is 2.89. The van der Waals surface area contributed by atoms with Crippen molar-refractivity contribution in [2.24, 2.45) is 0 Å². The van der Waals surface area contributed by atoms with Crippen LogP contribution in [-0.4, -0.2) is 19.6 Å². The van der Waals surface area contributed by atoms with E-state index in [0.29, 0.717) is 25.2 Å². The van der Waals surface area contributed by atoms with Crippen molar-refractivity contribution in [3.8, 4) is 11.5 Å². The first-order chi connectivity index (χ1) is 12.6. The predicted octanol–water partition coefficient (Wildman–Crippen LogP) is 4.79. The van der Waals surface area contributed by atoms with E-state index in [2.05, 4.69) is 37.4 Å². The quantitative estimate of drug-likeness (QED) is 0.703. The largest absolute Gasteiger partial charge is 0.493 e. The van der Waals surface area contributed by atoms with Gasteiger partial charge >= 0.3 is 0 Å². The van der Waals surface area contributed by atoms with Gasteiger partial charge in [0.05, 0.1) is 13.7 Å². The first-order valence-electron chi connectivity index (χ1n) is 9.33. The maximum Gasteiger partial charge on any atom is 0.224 e. The van der Waals surface area contributed by atoms with Gasteiger partial charge in [-0.3, -0.25) is 4.79 Å². The summed E-state index contributed by atoms with van der Waals surface area (Å²) in [6.45, 7) is 6.75. The molecule has 2 rings (SSSR count). The molecule has 0 atom stereocenters. The van der Waals surface area contributed by atoms with Crippen molar-refractivity contribution in [2.75, 3.05) is 19.0 Å². The molecule has 0 aliphatic carbocycles. The summed E-state index contributed by atoms with van der Waals surface area (Å²) in [5.74, 6) is 1.47. The third-order valence-corrected chi connectivity index (χ3v) is 4.43. The van der Waals surface area contributed by atoms with Gasteiger partial charge in [-0.1, -0.05) is 38.1 Å². The first kappa shape index (κ1) is 19.8. The maximum atomic E-state index is 12.5. The van der Waals surface area contributed by atoms with Gasteiger partial charge in [0.1, 0.15) is 0 Å². The van der Waals surface area contributed by atoms with Gasteiger partial charge < -0.3 is 14.8 Å². The Labute approximate surface area is 156 Å². The molecule has 0 aromatic heterocycles. The maximum absolute atomic E-state index is 12.5. The fourth-order valence-electron chi connectivity index (χ4n) is 3.01. The van der Waals surface area contributed by atoms with E-state index in [4.69, 9.17) is 9.47 Å². The minimum absolute atomic E-state index is 0.0356. The third kappa shape index (κ3) is 5.01. The van der Waals surface area contributed by atoms with Crippen LogP contribution in [0.3, 0.4) is 0 Å². The number of hydrogen-bond acceptors (Lipinski definition) is 3. The summed E-state index contributed by atoms with van der Waals surface area (Å²) in [6, 6.07) is 12.0. The number of anilines is 1. The molecular formula is C22H29NO3. The molecule has 4 heteroatoms. The van der Waals surface area contributed by atoms with Crippen molar-refractivity contribution < 1.29 is 14.3 Å². The van der Waals surface area contributed by atoms with E-state index < -0.39 is 0 Å². The van der Waals surface area contributed by atoms with Gasteiger partial charge in [0, 0.05) is 12.1 Å². The van der Waals surface area contributed by atoms with Crippen molar-refractivity contribution in [2.45, 2.75) is 46.5 Å². The Morgan fingerprint density at radius 2 is 1.69 bits per heavy atom. The van der Waals surface area contributed by atoms with E-state index in [-0.39, 0.29) is 5.91 Å². The van der Waals surface area contributed by atoms with Crippen LogP contribution in [0, 0.1) is 0 Å². The number of carbonyl (C=O) groups excluding carboxylic acids is 1. The highest BCUT2D eigenvalue weighted by atomic mass is 16.5. The Bertz CT molecular complexity index is 718. The number of methoxy groups -OCH3 is 1. The Kier molecular flexibility index (Phi) is 7.52. The molecule has 0 aliphatic rings. The minimum Gasteiger partial charge on any atom is -0.493 e. The van der Waals surface area contributed by atoms with Gasteiger partial charge in [-0.05, 0) is 55.0 Å². The normalized spacial score (nSPS) is 10.5. The fraction of sp³-hybridized carbons (Fsp3) is 0.409. The average molecular weight is 355 g/mol. The van der Waals surface area contributed by atoms with Crippen molar-refractivity contribution in [1.29, 1.82) is 0 Å². The van der Waals surface area contributed by atoms with Gasteiger partial charge in [-0.25, -0.2) is 0 Å². The average Bonchev–Trinajstić information content (AvgIpc) is 2.67. The highest BCUT2D eigenvalue weighted by Gasteiger charge is 2.11. The van der Waals surface area contributed by atoms with Crippen LogP contribution < -0.4 is 14.8 Å². The number of rotatable bonds is 9. The van der Waals surface area contributed by atoms with Crippen LogP contribution in [0.4, 0.5) is 5.69 Å². The third-order valence-electron chi connectivity index (χ3n) is 4.43. The van der Waals surface area contributed by atoms with Gasteiger partial charge in [-0.2, -0.15) is 0 Å². The lowest BCUT2D eigenvalue weighted by atomic mass is 10.0. The van der Waals surface area contributed by atoms with Crippen LogP contribution in [-0.2, 0) is 24.1 Å². The predicted molar refractivity (Wildman–Crippen MR) is 106 cm³/mol. The Hall–Kier alpha value is -2.49. The van der Waals surface area contributed by atoms with Gasteiger partial charge in [0.15, 0.2) is 11.5 Å². The molecule has 140 valence electrons. The zero-order valence-corrected chi connectivity index (χ0v) is 16.2. The number of amides is 1. The lowest BCUT2D eigenvalue weighted by Crippen LogP contribution is -2.15. The Morgan fingerprint density at radius 3 is 2.27 bits per heavy atom. The zero-order chi connectivity index (χ0) is 18.9. The molecule has 0 unspecified atom stereocenters. The summed E-state index contributed by atoms with van der Waals surface area (Å²) in [5.41, 5.74) is 4.40. The first-order valence-corrected chi connectivity index (χ1v) is 9.33. The lowest BCUT2D eigenvalue weighted by molar-refractivity contribution is -0.116. The summed E-state index contributed by atoms with van der Waals surface area (Å²) in [4.78, 5) is 12.5. The number of para-hydroxylation sites is 1. The molecule has 4 nitrogen and oxygen atoms in total. The van der Waals surface area contributed by atoms with Gasteiger partial charge in [-0.15, -0.1) is 0 Å². The number of hydrogen-bond donors (Lipinski definition) is 1. The van der Waals surface area contributed by atoms with Crippen molar-refractivity contribution in [3.63, 3.8) is 0 Å². The summed E-state index contributed by atoms with van der Waals surface area (Å²) >= 11 is 0. The van der Waals surface area contributed by atoms with Crippen LogP contribution in [0.25, 0.3) is 0 Å². The molecule has 0 fully saturated rings. The molecular weight excluding hydrogens is 326 g/mol.